The standard InChI is InChI=1S/C21H21N3O5/c1-14-11-16(23-7-9-28-10-8-23)12-24-19(14)22-17(21(26)27)18(20(24)25)29-13-15-5-3-2-4-6-15/h2-6,11-12H,7-10,13H2,1H3,(H,26,27). The van der Waals surface area contributed by atoms with Gasteiger partial charge in [-0.15, -0.1) is 0 Å². The number of aromatic carboxylic acids is 1. The second-order valence-corrected chi connectivity index (χ2v) is 6.85. The molecule has 1 fully saturated rings. The molecule has 0 saturated carbocycles. The lowest BCUT2D eigenvalue weighted by molar-refractivity contribution is 0.0684. The van der Waals surface area contributed by atoms with Crippen LogP contribution in [0.5, 0.6) is 5.75 Å². The third-order valence-corrected chi connectivity index (χ3v) is 4.86. The normalized spacial score (nSPS) is 14.2. The Kier molecular flexibility index (Phi) is 5.18. The minimum Gasteiger partial charge on any atom is -0.481 e. The zero-order chi connectivity index (χ0) is 20.4. The van der Waals surface area contributed by atoms with Crippen molar-refractivity contribution in [2.45, 2.75) is 13.5 Å². The number of nitrogens with zero attached hydrogens (tertiary/aromatic N) is 3. The minimum absolute atomic E-state index is 0.0756. The summed E-state index contributed by atoms with van der Waals surface area (Å²) in [6.45, 7) is 4.56. The van der Waals surface area contributed by atoms with Crippen LogP contribution in [-0.2, 0) is 11.3 Å². The fraction of sp³-hybridized carbons (Fsp3) is 0.286. The van der Waals surface area contributed by atoms with Crippen LogP contribution in [0.1, 0.15) is 21.6 Å². The Bertz CT molecular complexity index is 1100. The van der Waals surface area contributed by atoms with Gasteiger partial charge in [-0.1, -0.05) is 30.3 Å². The number of pyridine rings is 1. The lowest BCUT2D eigenvalue weighted by Gasteiger charge is -2.29. The molecule has 0 bridgehead atoms. The van der Waals surface area contributed by atoms with Gasteiger partial charge in [-0.05, 0) is 24.1 Å². The predicted molar refractivity (Wildman–Crippen MR) is 107 cm³/mol. The van der Waals surface area contributed by atoms with E-state index in [0.717, 1.165) is 24.3 Å². The maximum absolute atomic E-state index is 13.2. The average Bonchev–Trinajstić information content (AvgIpc) is 2.74. The van der Waals surface area contributed by atoms with Crippen LogP contribution in [-0.4, -0.2) is 46.8 Å². The van der Waals surface area contributed by atoms with Crippen molar-refractivity contribution in [2.75, 3.05) is 31.2 Å². The molecule has 8 nitrogen and oxygen atoms in total. The molecule has 1 aromatic carbocycles. The number of carboxylic acids is 1. The van der Waals surface area contributed by atoms with E-state index in [-0.39, 0.29) is 18.1 Å². The monoisotopic (exact) mass is 395 g/mol. The van der Waals surface area contributed by atoms with E-state index in [1.54, 1.807) is 6.20 Å². The minimum atomic E-state index is -1.30. The van der Waals surface area contributed by atoms with Gasteiger partial charge in [-0.25, -0.2) is 9.78 Å². The van der Waals surface area contributed by atoms with Gasteiger partial charge in [0, 0.05) is 19.3 Å². The summed E-state index contributed by atoms with van der Waals surface area (Å²) in [6.07, 6.45) is 1.68. The summed E-state index contributed by atoms with van der Waals surface area (Å²) in [7, 11) is 0. The molecule has 0 atom stereocenters. The van der Waals surface area contributed by atoms with Crippen molar-refractivity contribution in [1.29, 1.82) is 0 Å². The smallest absolute Gasteiger partial charge is 0.358 e. The van der Waals surface area contributed by atoms with Gasteiger partial charge in [-0.2, -0.15) is 0 Å². The lowest BCUT2D eigenvalue weighted by atomic mass is 10.2. The zero-order valence-electron chi connectivity index (χ0n) is 16.0. The molecular formula is C21H21N3O5. The van der Waals surface area contributed by atoms with E-state index in [9.17, 15) is 14.7 Å². The topological polar surface area (TPSA) is 93.4 Å². The van der Waals surface area contributed by atoms with Gasteiger partial charge < -0.3 is 19.5 Å². The van der Waals surface area contributed by atoms with Crippen LogP contribution < -0.4 is 15.2 Å². The molecule has 0 unspecified atom stereocenters. The van der Waals surface area contributed by atoms with Gasteiger partial charge in [0.25, 0.3) is 0 Å². The molecule has 3 heterocycles. The second kappa shape index (κ2) is 7.92. The number of anilines is 1. The number of carbonyl (C=O) groups is 1. The van der Waals surface area contributed by atoms with Gasteiger partial charge >= 0.3 is 11.5 Å². The van der Waals surface area contributed by atoms with E-state index in [4.69, 9.17) is 9.47 Å². The van der Waals surface area contributed by atoms with Crippen molar-refractivity contribution >= 4 is 17.3 Å². The van der Waals surface area contributed by atoms with Crippen molar-refractivity contribution in [1.82, 2.24) is 9.38 Å². The molecule has 0 spiro atoms. The Labute approximate surface area is 166 Å². The Hall–Kier alpha value is -3.39. The molecule has 0 radical (unpaired) electrons. The zero-order valence-corrected chi connectivity index (χ0v) is 16.0. The van der Waals surface area contributed by atoms with Crippen LogP contribution in [0.2, 0.25) is 0 Å². The summed E-state index contributed by atoms with van der Waals surface area (Å²) in [5.74, 6) is -1.57. The van der Waals surface area contributed by atoms with Crippen molar-refractivity contribution in [3.63, 3.8) is 0 Å². The average molecular weight is 395 g/mol. The maximum Gasteiger partial charge on any atom is 0.358 e. The van der Waals surface area contributed by atoms with Crippen molar-refractivity contribution in [3.05, 3.63) is 69.8 Å². The number of morpholine rings is 1. The van der Waals surface area contributed by atoms with Gasteiger partial charge in [0.2, 0.25) is 5.75 Å². The number of fused-ring (bicyclic) bond motifs is 1. The fourth-order valence-corrected chi connectivity index (χ4v) is 3.37. The molecule has 1 aliphatic rings. The first-order valence-electron chi connectivity index (χ1n) is 9.34. The fourth-order valence-electron chi connectivity index (χ4n) is 3.37. The van der Waals surface area contributed by atoms with Crippen LogP contribution in [0, 0.1) is 6.92 Å². The molecule has 0 amide bonds. The maximum atomic E-state index is 13.2. The molecule has 3 aromatic rings. The molecule has 4 rings (SSSR count). The number of hydrogen-bond acceptors (Lipinski definition) is 6. The molecule has 1 aliphatic heterocycles. The Morgan fingerprint density at radius 3 is 2.66 bits per heavy atom. The van der Waals surface area contributed by atoms with Crippen molar-refractivity contribution in [2.24, 2.45) is 0 Å². The Balaban J connectivity index is 1.80. The lowest BCUT2D eigenvalue weighted by Crippen LogP contribution is -2.36. The number of aromatic nitrogens is 2. The summed E-state index contributed by atoms with van der Waals surface area (Å²) < 4.78 is 12.4. The van der Waals surface area contributed by atoms with Gasteiger partial charge in [0.1, 0.15) is 12.3 Å². The van der Waals surface area contributed by atoms with Gasteiger partial charge in [0.05, 0.1) is 18.9 Å². The van der Waals surface area contributed by atoms with E-state index in [1.165, 1.54) is 4.40 Å². The van der Waals surface area contributed by atoms with Crippen molar-refractivity contribution in [3.8, 4) is 5.75 Å². The van der Waals surface area contributed by atoms with E-state index >= 15 is 0 Å². The first kappa shape index (κ1) is 18.9. The molecule has 2 aromatic heterocycles. The summed E-state index contributed by atoms with van der Waals surface area (Å²) in [6, 6.07) is 11.2. The van der Waals surface area contributed by atoms with Crippen LogP contribution >= 0.6 is 0 Å². The van der Waals surface area contributed by atoms with Gasteiger partial charge in [-0.3, -0.25) is 9.20 Å². The second-order valence-electron chi connectivity index (χ2n) is 6.85. The number of carboxylic acid groups (broad SMARTS) is 1. The Morgan fingerprint density at radius 1 is 1.24 bits per heavy atom. The highest BCUT2D eigenvalue weighted by Crippen LogP contribution is 2.22. The summed E-state index contributed by atoms with van der Waals surface area (Å²) in [5, 5.41) is 9.58. The highest BCUT2D eigenvalue weighted by molar-refractivity contribution is 5.89. The third kappa shape index (κ3) is 3.79. The molecule has 1 saturated heterocycles. The van der Waals surface area contributed by atoms with Crippen LogP contribution in [0.15, 0.2) is 47.4 Å². The largest absolute Gasteiger partial charge is 0.481 e. The highest BCUT2D eigenvalue weighted by atomic mass is 16.5. The molecular weight excluding hydrogens is 374 g/mol. The molecule has 150 valence electrons. The predicted octanol–water partition coefficient (Wildman–Crippen LogP) is 2.12. The molecule has 29 heavy (non-hydrogen) atoms. The highest BCUT2D eigenvalue weighted by Gasteiger charge is 2.22. The van der Waals surface area contributed by atoms with Crippen LogP contribution in [0.4, 0.5) is 5.69 Å². The summed E-state index contributed by atoms with van der Waals surface area (Å²) >= 11 is 0. The SMILES string of the molecule is Cc1cc(N2CCOCC2)cn2c(=O)c(OCc3ccccc3)c(C(=O)O)nc12. The summed E-state index contributed by atoms with van der Waals surface area (Å²) in [5.41, 5.74) is 1.78. The number of ether oxygens (including phenoxy) is 2. The number of benzene rings is 1. The Morgan fingerprint density at radius 2 is 1.97 bits per heavy atom. The number of rotatable bonds is 5. The molecule has 0 aliphatic carbocycles. The third-order valence-electron chi connectivity index (χ3n) is 4.86. The summed E-state index contributed by atoms with van der Waals surface area (Å²) in [4.78, 5) is 31.2. The van der Waals surface area contributed by atoms with Crippen molar-refractivity contribution < 1.29 is 19.4 Å². The first-order chi connectivity index (χ1) is 14.0. The molecule has 1 N–H and O–H groups in total. The van der Waals surface area contributed by atoms with E-state index < -0.39 is 11.5 Å². The van der Waals surface area contributed by atoms with E-state index in [1.807, 2.05) is 43.3 Å². The van der Waals surface area contributed by atoms with E-state index in [2.05, 4.69) is 9.88 Å². The van der Waals surface area contributed by atoms with Crippen LogP contribution in [0.3, 0.4) is 0 Å². The van der Waals surface area contributed by atoms with Gasteiger partial charge in [0.15, 0.2) is 5.69 Å². The first-order valence-corrected chi connectivity index (χ1v) is 9.34. The quantitative estimate of drug-likeness (QED) is 0.707. The van der Waals surface area contributed by atoms with E-state index in [0.29, 0.717) is 24.4 Å². The van der Waals surface area contributed by atoms with Crippen LogP contribution in [0.25, 0.3) is 5.65 Å². The molecule has 8 heteroatoms. The number of hydrogen-bond donors (Lipinski definition) is 1. The number of aryl methyl sites for hydroxylation is 1.